The molecule has 1 atom stereocenters. The van der Waals surface area contributed by atoms with Crippen LogP contribution in [0.1, 0.15) is 43.7 Å². The summed E-state index contributed by atoms with van der Waals surface area (Å²) in [6, 6.07) is 17.3. The van der Waals surface area contributed by atoms with Crippen LogP contribution >= 0.6 is 0 Å². The second-order valence-corrected chi connectivity index (χ2v) is 7.32. The third-order valence-corrected chi connectivity index (χ3v) is 4.98. The number of alkyl halides is 1. The van der Waals surface area contributed by atoms with Crippen LogP contribution in [0.4, 0.5) is 4.39 Å². The van der Waals surface area contributed by atoms with Crippen LogP contribution in [0.5, 0.6) is 0 Å². The molecule has 0 radical (unpaired) electrons. The molecule has 3 aromatic rings. The number of hydrogen-bond donors (Lipinski definition) is 0. The highest BCUT2D eigenvalue weighted by Crippen LogP contribution is 2.24. The fourth-order valence-corrected chi connectivity index (χ4v) is 3.41. The highest BCUT2D eigenvalue weighted by atomic mass is 19.1. The van der Waals surface area contributed by atoms with Gasteiger partial charge in [-0.05, 0) is 61.3 Å². The molecule has 0 fully saturated rings. The van der Waals surface area contributed by atoms with E-state index in [1.54, 1.807) is 6.92 Å². The van der Waals surface area contributed by atoms with E-state index < -0.39 is 6.17 Å². The van der Waals surface area contributed by atoms with E-state index >= 15 is 0 Å². The predicted molar refractivity (Wildman–Crippen MR) is 114 cm³/mol. The quantitative estimate of drug-likeness (QED) is 0.293. The Bertz CT molecular complexity index is 880. The lowest BCUT2D eigenvalue weighted by molar-refractivity contribution is 0.330. The van der Waals surface area contributed by atoms with Gasteiger partial charge in [-0.25, -0.2) is 4.39 Å². The lowest BCUT2D eigenvalue weighted by atomic mass is 10.0. The molecule has 0 amide bonds. The summed E-state index contributed by atoms with van der Waals surface area (Å²) in [6.07, 6.45) is 9.00. The Morgan fingerprint density at radius 2 is 1.74 bits per heavy atom. The molecule has 0 bridgehead atoms. The van der Waals surface area contributed by atoms with E-state index in [0.29, 0.717) is 6.42 Å². The normalized spacial score (nSPS) is 12.2. The third-order valence-electron chi connectivity index (χ3n) is 4.98. The van der Waals surface area contributed by atoms with Gasteiger partial charge in [0.1, 0.15) is 0 Å². The average molecular weight is 362 g/mol. The first kappa shape index (κ1) is 19.3. The van der Waals surface area contributed by atoms with Crippen molar-refractivity contribution in [2.24, 2.45) is 0 Å². The Kier molecular flexibility index (Phi) is 6.75. The van der Waals surface area contributed by atoms with Crippen molar-refractivity contribution in [1.29, 1.82) is 0 Å². The number of rotatable bonds is 9. The molecule has 27 heavy (non-hydrogen) atoms. The molecule has 1 unspecified atom stereocenters. The zero-order valence-electron chi connectivity index (χ0n) is 16.1. The Labute approximate surface area is 162 Å². The number of halogens is 1. The minimum atomic E-state index is -0.677. The molecule has 140 valence electrons. The van der Waals surface area contributed by atoms with Crippen LogP contribution < -0.4 is 0 Å². The van der Waals surface area contributed by atoms with Gasteiger partial charge in [0.2, 0.25) is 0 Å². The van der Waals surface area contributed by atoms with Gasteiger partial charge in [-0.2, -0.15) is 0 Å². The smallest absolute Gasteiger partial charge is 0.0973 e. The van der Waals surface area contributed by atoms with E-state index in [9.17, 15) is 4.39 Å². The van der Waals surface area contributed by atoms with E-state index in [0.717, 1.165) is 43.4 Å². The summed E-state index contributed by atoms with van der Waals surface area (Å²) < 4.78 is 12.8. The molecule has 0 aliphatic rings. The monoisotopic (exact) mass is 361 g/mol. The molecule has 1 nitrogen and oxygen atoms in total. The molecule has 0 spiro atoms. The van der Waals surface area contributed by atoms with Gasteiger partial charge in [-0.15, -0.1) is 6.58 Å². The maximum atomic E-state index is 12.8. The second-order valence-electron chi connectivity index (χ2n) is 7.32. The number of benzene rings is 2. The van der Waals surface area contributed by atoms with Crippen molar-refractivity contribution in [1.82, 2.24) is 4.98 Å². The number of hydrogen-bond acceptors (Lipinski definition) is 1. The van der Waals surface area contributed by atoms with Gasteiger partial charge in [0, 0.05) is 17.1 Å². The largest absolute Gasteiger partial charge is 0.256 e. The number of aryl methyl sites for hydroxylation is 1. The van der Waals surface area contributed by atoms with Crippen molar-refractivity contribution in [3.8, 4) is 11.3 Å². The van der Waals surface area contributed by atoms with Gasteiger partial charge in [-0.1, -0.05) is 55.3 Å². The minimum Gasteiger partial charge on any atom is -0.256 e. The predicted octanol–water partition coefficient (Wildman–Crippen LogP) is 7.09. The summed E-state index contributed by atoms with van der Waals surface area (Å²) in [5, 5.41) is 2.39. The van der Waals surface area contributed by atoms with Crippen molar-refractivity contribution in [3.63, 3.8) is 0 Å². The second kappa shape index (κ2) is 9.45. The van der Waals surface area contributed by atoms with Crippen molar-refractivity contribution in [2.45, 2.75) is 51.6 Å². The van der Waals surface area contributed by atoms with E-state index in [2.05, 4.69) is 60.1 Å². The average Bonchev–Trinajstić information content (AvgIpc) is 2.68. The van der Waals surface area contributed by atoms with Crippen LogP contribution in [0.3, 0.4) is 0 Å². The maximum Gasteiger partial charge on any atom is 0.0973 e. The first-order valence-electron chi connectivity index (χ1n) is 9.88. The van der Waals surface area contributed by atoms with Crippen LogP contribution in [-0.4, -0.2) is 11.2 Å². The summed E-state index contributed by atoms with van der Waals surface area (Å²) in [5.74, 6) is 0. The van der Waals surface area contributed by atoms with Gasteiger partial charge >= 0.3 is 0 Å². The fourth-order valence-electron chi connectivity index (χ4n) is 3.41. The lowest BCUT2D eigenvalue weighted by Crippen LogP contribution is -1.93. The van der Waals surface area contributed by atoms with Crippen molar-refractivity contribution >= 4 is 10.8 Å². The Hall–Kier alpha value is -2.48. The maximum absolute atomic E-state index is 12.8. The Balaban J connectivity index is 1.66. The fraction of sp³-hybridized carbons (Fsp3) is 0.320. The van der Waals surface area contributed by atoms with Gasteiger partial charge in [-0.3, -0.25) is 4.98 Å². The van der Waals surface area contributed by atoms with Crippen LogP contribution in [0.25, 0.3) is 22.0 Å². The topological polar surface area (TPSA) is 12.9 Å². The molecule has 0 aliphatic heterocycles. The number of allylic oxidation sites excluding steroid dienone is 1. The van der Waals surface area contributed by atoms with E-state index in [1.807, 2.05) is 12.3 Å². The molecule has 3 rings (SSSR count). The number of aromatic nitrogens is 1. The summed E-state index contributed by atoms with van der Waals surface area (Å²) in [5.41, 5.74) is 4.73. The number of pyridine rings is 1. The van der Waals surface area contributed by atoms with Gasteiger partial charge < -0.3 is 0 Å². The zero-order valence-corrected chi connectivity index (χ0v) is 16.1. The highest BCUT2D eigenvalue weighted by molar-refractivity contribution is 5.85. The Morgan fingerprint density at radius 1 is 0.963 bits per heavy atom. The summed E-state index contributed by atoms with van der Waals surface area (Å²) in [6.45, 7) is 5.42. The highest BCUT2D eigenvalue weighted by Gasteiger charge is 2.04. The van der Waals surface area contributed by atoms with Gasteiger partial charge in [0.25, 0.3) is 0 Å². The van der Waals surface area contributed by atoms with E-state index in [1.165, 1.54) is 21.9 Å². The van der Waals surface area contributed by atoms with Gasteiger partial charge in [0.05, 0.1) is 11.9 Å². The van der Waals surface area contributed by atoms with E-state index in [-0.39, 0.29) is 0 Å². The molecule has 1 heterocycles. The van der Waals surface area contributed by atoms with Crippen molar-refractivity contribution in [2.75, 3.05) is 0 Å². The zero-order chi connectivity index (χ0) is 19.1. The molecule has 0 aliphatic carbocycles. The first-order chi connectivity index (χ1) is 13.2. The lowest BCUT2D eigenvalue weighted by Gasteiger charge is -2.07. The Morgan fingerprint density at radius 3 is 2.48 bits per heavy atom. The van der Waals surface area contributed by atoms with Crippen LogP contribution in [-0.2, 0) is 12.8 Å². The SMILES string of the molecule is C=CCc1ccc(-c2cc3ccc(CCCCCC(C)F)cc3cn2)cc1. The standard InChI is InChI=1S/C25H28FN/c1-3-7-20-10-13-22(14-11-20)25-17-23-15-12-21(16-24(23)18-27-25)9-6-4-5-8-19(2)26/h3,10-19H,1,4-9H2,2H3. The van der Waals surface area contributed by atoms with Crippen LogP contribution in [0.15, 0.2) is 67.4 Å². The molecule has 2 heteroatoms. The number of nitrogens with zero attached hydrogens (tertiary/aromatic N) is 1. The van der Waals surface area contributed by atoms with Crippen molar-refractivity contribution < 1.29 is 4.39 Å². The van der Waals surface area contributed by atoms with E-state index in [4.69, 9.17) is 0 Å². The van der Waals surface area contributed by atoms with Gasteiger partial charge in [0.15, 0.2) is 0 Å². The minimum absolute atomic E-state index is 0.677. The van der Waals surface area contributed by atoms with Crippen molar-refractivity contribution in [3.05, 3.63) is 78.5 Å². The molecule has 2 aromatic carbocycles. The summed E-state index contributed by atoms with van der Waals surface area (Å²) in [7, 11) is 0. The summed E-state index contributed by atoms with van der Waals surface area (Å²) >= 11 is 0. The number of unbranched alkanes of at least 4 members (excludes halogenated alkanes) is 2. The summed E-state index contributed by atoms with van der Waals surface area (Å²) in [4.78, 5) is 4.66. The number of fused-ring (bicyclic) bond motifs is 1. The van der Waals surface area contributed by atoms with Crippen LogP contribution in [0.2, 0.25) is 0 Å². The molecular weight excluding hydrogens is 333 g/mol. The molecule has 0 saturated carbocycles. The van der Waals surface area contributed by atoms with Crippen LogP contribution in [0, 0.1) is 0 Å². The molecule has 0 saturated heterocycles. The first-order valence-corrected chi connectivity index (χ1v) is 9.88. The molecule has 0 N–H and O–H groups in total. The molecule has 1 aromatic heterocycles. The third kappa shape index (κ3) is 5.50. The molecular formula is C25H28FN.